The molecule has 1 heterocycles. The summed E-state index contributed by atoms with van der Waals surface area (Å²) in [5, 5.41) is 5.89. The Hall–Kier alpha value is -0.620. The van der Waals surface area contributed by atoms with Gasteiger partial charge < -0.3 is 10.6 Å². The van der Waals surface area contributed by atoms with E-state index in [2.05, 4.69) is 10.6 Å². The third kappa shape index (κ3) is 4.63. The Morgan fingerprint density at radius 3 is 2.59 bits per heavy atom. The molecule has 2 atom stereocenters. The molecule has 0 saturated carbocycles. The number of amides is 1. The minimum absolute atomic E-state index is 0.0788. The Morgan fingerprint density at radius 2 is 2.12 bits per heavy atom. The SMILES string of the molecule is CCC(C)NC(=O)CNC1(C)CCS(=O)(=O)C1. The lowest BCUT2D eigenvalue weighted by atomic mass is 10.0. The molecule has 100 valence electrons. The van der Waals surface area contributed by atoms with Gasteiger partial charge >= 0.3 is 0 Å². The van der Waals surface area contributed by atoms with Crippen LogP contribution in [0.2, 0.25) is 0 Å². The molecule has 5 nitrogen and oxygen atoms in total. The smallest absolute Gasteiger partial charge is 0.234 e. The Balaban J connectivity index is 2.39. The summed E-state index contributed by atoms with van der Waals surface area (Å²) in [5.41, 5.74) is -0.453. The lowest BCUT2D eigenvalue weighted by molar-refractivity contribution is -0.121. The fourth-order valence-corrected chi connectivity index (χ4v) is 3.99. The molecule has 1 fully saturated rings. The first kappa shape index (κ1) is 14.4. The van der Waals surface area contributed by atoms with Gasteiger partial charge in [0.1, 0.15) is 0 Å². The predicted molar refractivity (Wildman–Crippen MR) is 67.6 cm³/mol. The summed E-state index contributed by atoms with van der Waals surface area (Å²) in [6.07, 6.45) is 1.46. The predicted octanol–water partition coefficient (Wildman–Crippen LogP) is 0.0679. The highest BCUT2D eigenvalue weighted by atomic mass is 32.2. The van der Waals surface area contributed by atoms with Crippen LogP contribution in [0.5, 0.6) is 0 Å². The van der Waals surface area contributed by atoms with Gasteiger partial charge in [0.05, 0.1) is 18.1 Å². The van der Waals surface area contributed by atoms with Gasteiger partial charge in [0.15, 0.2) is 9.84 Å². The van der Waals surface area contributed by atoms with Crippen LogP contribution in [0.1, 0.15) is 33.6 Å². The fraction of sp³-hybridized carbons (Fsp3) is 0.909. The Kier molecular flexibility index (Phi) is 4.55. The Morgan fingerprint density at radius 1 is 1.47 bits per heavy atom. The zero-order valence-electron chi connectivity index (χ0n) is 10.7. The molecule has 0 radical (unpaired) electrons. The van der Waals surface area contributed by atoms with Gasteiger partial charge in [-0.3, -0.25) is 4.79 Å². The zero-order chi connectivity index (χ0) is 13.1. The van der Waals surface area contributed by atoms with Gasteiger partial charge in [-0.2, -0.15) is 0 Å². The van der Waals surface area contributed by atoms with Crippen LogP contribution in [0.25, 0.3) is 0 Å². The maximum absolute atomic E-state index is 11.5. The van der Waals surface area contributed by atoms with E-state index in [1.54, 1.807) is 0 Å². The maximum atomic E-state index is 11.5. The molecule has 0 aromatic rings. The molecule has 0 spiro atoms. The number of hydrogen-bond donors (Lipinski definition) is 2. The highest BCUT2D eigenvalue weighted by Crippen LogP contribution is 2.22. The first-order chi connectivity index (χ1) is 7.76. The molecule has 0 aliphatic carbocycles. The standard InChI is InChI=1S/C11H22N2O3S/c1-4-9(2)13-10(14)7-12-11(3)5-6-17(15,16)8-11/h9,12H,4-8H2,1-3H3,(H,13,14). The minimum atomic E-state index is -2.92. The molecule has 6 heteroatoms. The van der Waals surface area contributed by atoms with Gasteiger partial charge in [0.2, 0.25) is 5.91 Å². The summed E-state index contributed by atoms with van der Waals surface area (Å²) in [6.45, 7) is 5.98. The third-order valence-corrected chi connectivity index (χ3v) is 5.10. The number of sulfone groups is 1. The Bertz CT molecular complexity index is 380. The quantitative estimate of drug-likeness (QED) is 0.735. The van der Waals surface area contributed by atoms with Gasteiger partial charge in [0.25, 0.3) is 0 Å². The van der Waals surface area contributed by atoms with Crippen molar-refractivity contribution in [2.75, 3.05) is 18.1 Å². The van der Waals surface area contributed by atoms with E-state index in [4.69, 9.17) is 0 Å². The third-order valence-electron chi connectivity index (χ3n) is 3.20. The van der Waals surface area contributed by atoms with E-state index in [1.165, 1.54) is 0 Å². The molecule has 17 heavy (non-hydrogen) atoms. The van der Waals surface area contributed by atoms with Crippen molar-refractivity contribution < 1.29 is 13.2 Å². The summed E-state index contributed by atoms with van der Waals surface area (Å²) < 4.78 is 22.7. The maximum Gasteiger partial charge on any atom is 0.234 e. The topological polar surface area (TPSA) is 75.3 Å². The number of rotatable bonds is 5. The number of hydrogen-bond acceptors (Lipinski definition) is 4. The van der Waals surface area contributed by atoms with Crippen molar-refractivity contribution in [2.24, 2.45) is 0 Å². The van der Waals surface area contributed by atoms with E-state index in [9.17, 15) is 13.2 Å². The summed E-state index contributed by atoms with van der Waals surface area (Å²) in [4.78, 5) is 11.5. The molecule has 0 aromatic heterocycles. The summed E-state index contributed by atoms with van der Waals surface area (Å²) >= 11 is 0. The molecule has 1 aliphatic heterocycles. The molecule has 1 saturated heterocycles. The monoisotopic (exact) mass is 262 g/mol. The van der Waals surface area contributed by atoms with Crippen LogP contribution in [-0.4, -0.2) is 44.0 Å². The van der Waals surface area contributed by atoms with Crippen molar-refractivity contribution in [3.8, 4) is 0 Å². The summed E-state index contributed by atoms with van der Waals surface area (Å²) in [5.74, 6) is 0.255. The summed E-state index contributed by atoms with van der Waals surface area (Å²) in [7, 11) is -2.92. The van der Waals surface area contributed by atoms with Crippen LogP contribution in [0, 0.1) is 0 Å². The highest BCUT2D eigenvalue weighted by molar-refractivity contribution is 7.91. The number of carbonyl (C=O) groups is 1. The van der Waals surface area contributed by atoms with Crippen molar-refractivity contribution in [3.63, 3.8) is 0 Å². The van der Waals surface area contributed by atoms with Crippen molar-refractivity contribution in [1.82, 2.24) is 10.6 Å². The lowest BCUT2D eigenvalue weighted by Gasteiger charge is -2.24. The molecule has 2 N–H and O–H groups in total. The molecule has 2 unspecified atom stereocenters. The van der Waals surface area contributed by atoms with E-state index >= 15 is 0 Å². The van der Waals surface area contributed by atoms with Gasteiger partial charge in [-0.25, -0.2) is 8.42 Å². The molecule has 1 amide bonds. The summed E-state index contributed by atoms with van der Waals surface area (Å²) in [6, 6.07) is 0.157. The van der Waals surface area contributed by atoms with E-state index in [1.807, 2.05) is 20.8 Å². The van der Waals surface area contributed by atoms with E-state index in [-0.39, 0.29) is 30.0 Å². The largest absolute Gasteiger partial charge is 0.353 e. The second kappa shape index (κ2) is 5.35. The van der Waals surface area contributed by atoms with Gasteiger partial charge in [0, 0.05) is 11.6 Å². The first-order valence-corrected chi connectivity index (χ1v) is 7.83. The molecule has 0 bridgehead atoms. The average Bonchev–Trinajstić information content (AvgIpc) is 2.51. The zero-order valence-corrected chi connectivity index (χ0v) is 11.6. The molecular weight excluding hydrogens is 240 g/mol. The second-order valence-corrected chi connectivity index (χ2v) is 7.32. The normalized spacial score (nSPS) is 28.9. The lowest BCUT2D eigenvalue weighted by Crippen LogP contribution is -2.49. The van der Waals surface area contributed by atoms with E-state index in [0.29, 0.717) is 6.42 Å². The fourth-order valence-electron chi connectivity index (χ4n) is 1.87. The van der Waals surface area contributed by atoms with Gasteiger partial charge in [-0.15, -0.1) is 0 Å². The molecular formula is C11H22N2O3S. The highest BCUT2D eigenvalue weighted by Gasteiger charge is 2.38. The Labute approximate surface area is 103 Å². The van der Waals surface area contributed by atoms with Crippen molar-refractivity contribution in [3.05, 3.63) is 0 Å². The molecule has 1 rings (SSSR count). The van der Waals surface area contributed by atoms with Gasteiger partial charge in [-0.05, 0) is 26.7 Å². The number of carbonyl (C=O) groups excluding carboxylic acids is 1. The van der Waals surface area contributed by atoms with Crippen LogP contribution in [0.15, 0.2) is 0 Å². The van der Waals surface area contributed by atoms with Crippen LogP contribution in [-0.2, 0) is 14.6 Å². The van der Waals surface area contributed by atoms with Crippen LogP contribution >= 0.6 is 0 Å². The van der Waals surface area contributed by atoms with Crippen LogP contribution in [0.4, 0.5) is 0 Å². The number of nitrogens with one attached hydrogen (secondary N) is 2. The van der Waals surface area contributed by atoms with Crippen molar-refractivity contribution in [2.45, 2.75) is 45.2 Å². The minimum Gasteiger partial charge on any atom is -0.353 e. The average molecular weight is 262 g/mol. The van der Waals surface area contributed by atoms with E-state index in [0.717, 1.165) is 6.42 Å². The van der Waals surface area contributed by atoms with Crippen LogP contribution in [0.3, 0.4) is 0 Å². The molecule has 0 aromatic carbocycles. The van der Waals surface area contributed by atoms with E-state index < -0.39 is 15.4 Å². The van der Waals surface area contributed by atoms with Crippen molar-refractivity contribution in [1.29, 1.82) is 0 Å². The van der Waals surface area contributed by atoms with Gasteiger partial charge in [-0.1, -0.05) is 6.92 Å². The molecule has 1 aliphatic rings. The first-order valence-electron chi connectivity index (χ1n) is 6.01. The van der Waals surface area contributed by atoms with Crippen LogP contribution < -0.4 is 10.6 Å². The second-order valence-electron chi connectivity index (χ2n) is 5.13. The van der Waals surface area contributed by atoms with Crippen molar-refractivity contribution >= 4 is 15.7 Å².